The van der Waals surface area contributed by atoms with Gasteiger partial charge in [0.05, 0.1) is 34.1 Å². The summed E-state index contributed by atoms with van der Waals surface area (Å²) in [6.07, 6.45) is 0.946. The van der Waals surface area contributed by atoms with Crippen molar-refractivity contribution in [2.75, 3.05) is 24.2 Å². The smallest absolute Gasteiger partial charge is 0.244 e. The van der Waals surface area contributed by atoms with Gasteiger partial charge in [0.2, 0.25) is 21.8 Å². The third-order valence-corrected chi connectivity index (χ3v) is 7.20. The van der Waals surface area contributed by atoms with Gasteiger partial charge in [0.15, 0.2) is 0 Å². The Kier molecular flexibility index (Phi) is 10.1. The molecule has 0 fully saturated rings. The maximum absolute atomic E-state index is 13.5. The number of nitrogens with zero attached hydrogens (tertiary/aromatic N) is 2. The van der Waals surface area contributed by atoms with E-state index in [1.54, 1.807) is 45.0 Å². The van der Waals surface area contributed by atoms with E-state index in [9.17, 15) is 18.0 Å². The number of amides is 2. The van der Waals surface area contributed by atoms with Crippen LogP contribution in [-0.2, 0) is 26.2 Å². The van der Waals surface area contributed by atoms with Gasteiger partial charge in [-0.15, -0.1) is 0 Å². The number of hydrogen-bond acceptors (Lipinski definition) is 5. The molecule has 12 heteroatoms. The second kappa shape index (κ2) is 12.2. The summed E-state index contributed by atoms with van der Waals surface area (Å²) in [5, 5.41) is 3.00. The number of methoxy groups -OCH3 is 1. The molecule has 0 unspecified atom stereocenters. The fourth-order valence-corrected chi connectivity index (χ4v) is 4.76. The summed E-state index contributed by atoms with van der Waals surface area (Å²) in [6.45, 7) is 4.64. The minimum Gasteiger partial charge on any atom is -0.497 e. The zero-order chi connectivity index (χ0) is 26.5. The maximum atomic E-state index is 13.5. The summed E-state index contributed by atoms with van der Waals surface area (Å²) in [4.78, 5) is 27.6. The highest BCUT2D eigenvalue weighted by Crippen LogP contribution is 2.35. The fourth-order valence-electron chi connectivity index (χ4n) is 3.21. The van der Waals surface area contributed by atoms with Crippen LogP contribution in [0.15, 0.2) is 36.4 Å². The van der Waals surface area contributed by atoms with Gasteiger partial charge in [0.25, 0.3) is 0 Å². The summed E-state index contributed by atoms with van der Waals surface area (Å²) < 4.78 is 31.3. The number of rotatable bonds is 10. The lowest BCUT2D eigenvalue weighted by atomic mass is 10.1. The lowest BCUT2D eigenvalue weighted by Gasteiger charge is -2.32. The SMILES string of the molecule is COc1ccc(CN(C(=O)CN(c2cc(Cl)c(Cl)cc2Cl)S(C)(=O)=O)[C@@H](C)C(=O)NC(C)C)cc1. The number of benzene rings is 2. The van der Waals surface area contributed by atoms with Gasteiger partial charge >= 0.3 is 0 Å². The van der Waals surface area contributed by atoms with E-state index < -0.39 is 28.5 Å². The summed E-state index contributed by atoms with van der Waals surface area (Å²) in [5.41, 5.74) is 0.724. The van der Waals surface area contributed by atoms with E-state index in [0.29, 0.717) is 5.75 Å². The Balaban J connectivity index is 2.45. The molecule has 0 aliphatic heterocycles. The Morgan fingerprint density at radius 2 is 1.57 bits per heavy atom. The third kappa shape index (κ3) is 7.90. The van der Waals surface area contributed by atoms with Crippen LogP contribution >= 0.6 is 34.8 Å². The zero-order valence-corrected chi connectivity index (χ0v) is 23.1. The molecular weight excluding hydrogens is 537 g/mol. The first-order chi connectivity index (χ1) is 16.2. The molecule has 0 saturated heterocycles. The molecule has 0 aromatic heterocycles. The Labute approximate surface area is 221 Å². The van der Waals surface area contributed by atoms with E-state index in [1.807, 2.05) is 0 Å². The zero-order valence-electron chi connectivity index (χ0n) is 20.0. The molecule has 0 saturated carbocycles. The third-order valence-electron chi connectivity index (χ3n) is 5.05. The summed E-state index contributed by atoms with van der Waals surface area (Å²) in [7, 11) is -2.42. The van der Waals surface area contributed by atoms with Crippen LogP contribution in [0.2, 0.25) is 15.1 Å². The Hall–Kier alpha value is -2.20. The van der Waals surface area contributed by atoms with Gasteiger partial charge in [-0.1, -0.05) is 46.9 Å². The molecule has 0 spiro atoms. The van der Waals surface area contributed by atoms with Gasteiger partial charge < -0.3 is 15.0 Å². The average Bonchev–Trinajstić information content (AvgIpc) is 2.77. The number of anilines is 1. The van der Waals surface area contributed by atoms with E-state index in [-0.39, 0.29) is 39.2 Å². The summed E-state index contributed by atoms with van der Waals surface area (Å²) in [6, 6.07) is 8.53. The minimum atomic E-state index is -3.96. The van der Waals surface area contributed by atoms with Crippen molar-refractivity contribution >= 4 is 62.3 Å². The van der Waals surface area contributed by atoms with Crippen molar-refractivity contribution < 1.29 is 22.7 Å². The van der Waals surface area contributed by atoms with Crippen molar-refractivity contribution in [1.29, 1.82) is 0 Å². The molecule has 35 heavy (non-hydrogen) atoms. The normalized spacial score (nSPS) is 12.3. The van der Waals surface area contributed by atoms with Crippen LogP contribution in [0.4, 0.5) is 5.69 Å². The molecule has 2 rings (SSSR count). The number of sulfonamides is 1. The highest BCUT2D eigenvalue weighted by molar-refractivity contribution is 7.92. The number of hydrogen-bond donors (Lipinski definition) is 1. The number of nitrogens with one attached hydrogen (secondary N) is 1. The molecule has 0 radical (unpaired) electrons. The molecule has 2 amide bonds. The quantitative estimate of drug-likeness (QED) is 0.433. The fraction of sp³-hybridized carbons (Fsp3) is 0.391. The van der Waals surface area contributed by atoms with E-state index in [0.717, 1.165) is 16.1 Å². The van der Waals surface area contributed by atoms with Gasteiger partial charge in [-0.05, 0) is 50.6 Å². The Bertz CT molecular complexity index is 1170. The largest absolute Gasteiger partial charge is 0.497 e. The Morgan fingerprint density at radius 1 is 1.00 bits per heavy atom. The van der Waals surface area contributed by atoms with E-state index in [2.05, 4.69) is 5.32 Å². The van der Waals surface area contributed by atoms with Crippen LogP contribution in [0.1, 0.15) is 26.3 Å². The van der Waals surface area contributed by atoms with E-state index in [4.69, 9.17) is 39.5 Å². The van der Waals surface area contributed by atoms with Crippen molar-refractivity contribution in [1.82, 2.24) is 10.2 Å². The van der Waals surface area contributed by atoms with Crippen molar-refractivity contribution in [3.05, 3.63) is 57.0 Å². The van der Waals surface area contributed by atoms with Crippen LogP contribution < -0.4 is 14.4 Å². The molecule has 8 nitrogen and oxygen atoms in total. The lowest BCUT2D eigenvalue weighted by molar-refractivity contribution is -0.139. The second-order valence-corrected chi connectivity index (χ2v) is 11.3. The first-order valence-corrected chi connectivity index (χ1v) is 13.6. The van der Waals surface area contributed by atoms with Gasteiger partial charge in [0, 0.05) is 12.6 Å². The molecule has 1 N–H and O–H groups in total. The number of halogens is 3. The second-order valence-electron chi connectivity index (χ2n) is 8.20. The highest BCUT2D eigenvalue weighted by Gasteiger charge is 2.31. The van der Waals surface area contributed by atoms with Crippen molar-refractivity contribution in [2.45, 2.75) is 39.4 Å². The van der Waals surface area contributed by atoms with Gasteiger partial charge in [0.1, 0.15) is 18.3 Å². The standard InChI is InChI=1S/C23H28Cl3N3O5S/c1-14(2)27-23(31)15(3)28(12-16-6-8-17(34-4)9-7-16)22(30)13-29(35(5,32)33)21-11-19(25)18(24)10-20(21)26/h6-11,14-15H,12-13H2,1-5H3,(H,27,31)/t15-/m0/s1. The monoisotopic (exact) mass is 563 g/mol. The summed E-state index contributed by atoms with van der Waals surface area (Å²) in [5.74, 6) is -0.352. The summed E-state index contributed by atoms with van der Waals surface area (Å²) >= 11 is 18.3. The van der Waals surface area contributed by atoms with Crippen LogP contribution in [0.5, 0.6) is 5.75 Å². The molecule has 192 valence electrons. The number of ether oxygens (including phenoxy) is 1. The molecule has 2 aromatic carbocycles. The predicted octanol–water partition coefficient (Wildman–Crippen LogP) is 4.36. The number of carbonyl (C=O) groups excluding carboxylic acids is 2. The van der Waals surface area contributed by atoms with E-state index in [1.165, 1.54) is 24.1 Å². The highest BCUT2D eigenvalue weighted by atomic mass is 35.5. The van der Waals surface area contributed by atoms with Gasteiger partial charge in [-0.25, -0.2) is 8.42 Å². The molecular formula is C23H28Cl3N3O5S. The minimum absolute atomic E-state index is 0.000555. The van der Waals surface area contributed by atoms with Crippen LogP contribution in [0.3, 0.4) is 0 Å². The van der Waals surface area contributed by atoms with Crippen molar-refractivity contribution in [2.24, 2.45) is 0 Å². The maximum Gasteiger partial charge on any atom is 0.244 e. The van der Waals surface area contributed by atoms with Crippen LogP contribution in [0, 0.1) is 0 Å². The predicted molar refractivity (Wildman–Crippen MR) is 140 cm³/mol. The van der Waals surface area contributed by atoms with Gasteiger partial charge in [-0.2, -0.15) is 0 Å². The molecule has 0 aliphatic carbocycles. The van der Waals surface area contributed by atoms with Crippen molar-refractivity contribution in [3.63, 3.8) is 0 Å². The van der Waals surface area contributed by atoms with Gasteiger partial charge in [-0.3, -0.25) is 13.9 Å². The van der Waals surface area contributed by atoms with Crippen LogP contribution in [0.25, 0.3) is 0 Å². The molecule has 0 aliphatic rings. The Morgan fingerprint density at radius 3 is 2.09 bits per heavy atom. The average molecular weight is 565 g/mol. The molecule has 0 heterocycles. The lowest BCUT2D eigenvalue weighted by Crippen LogP contribution is -2.52. The first kappa shape index (κ1) is 29.0. The topological polar surface area (TPSA) is 96.0 Å². The first-order valence-electron chi connectivity index (χ1n) is 10.6. The van der Waals surface area contributed by atoms with Crippen LogP contribution in [-0.4, -0.2) is 57.1 Å². The van der Waals surface area contributed by atoms with E-state index >= 15 is 0 Å². The van der Waals surface area contributed by atoms with Crippen molar-refractivity contribution in [3.8, 4) is 5.75 Å². The molecule has 2 aromatic rings. The number of carbonyl (C=O) groups is 2. The molecule has 0 bridgehead atoms. The molecule has 1 atom stereocenters.